The van der Waals surface area contributed by atoms with Gasteiger partial charge in [0.05, 0.1) is 16.0 Å². The topological polar surface area (TPSA) is 80.3 Å². The lowest BCUT2D eigenvalue weighted by molar-refractivity contribution is -0.114. The number of nitrogens with zero attached hydrogens (tertiary/aromatic N) is 1. The molecule has 5 aromatic rings. The summed E-state index contributed by atoms with van der Waals surface area (Å²) < 4.78 is 7.51. The Kier molecular flexibility index (Phi) is 8.13. The van der Waals surface area contributed by atoms with E-state index in [0.29, 0.717) is 17.1 Å². The van der Waals surface area contributed by atoms with Crippen LogP contribution in [0.25, 0.3) is 16.3 Å². The van der Waals surface area contributed by atoms with Crippen LogP contribution >= 0.6 is 23.1 Å². The molecular weight excluding hydrogens is 514 g/mol. The van der Waals surface area contributed by atoms with E-state index in [-0.39, 0.29) is 17.6 Å². The number of amides is 2. The molecule has 0 aliphatic carbocycles. The molecule has 0 unspecified atom stereocenters. The van der Waals surface area contributed by atoms with Crippen molar-refractivity contribution in [3.8, 4) is 11.5 Å². The molecule has 0 spiro atoms. The third kappa shape index (κ3) is 7.09. The zero-order valence-electron chi connectivity index (χ0n) is 20.2. The van der Waals surface area contributed by atoms with E-state index in [0.717, 1.165) is 25.9 Å². The minimum absolute atomic E-state index is 0.121. The molecule has 0 aliphatic rings. The minimum Gasteiger partial charge on any atom is -0.457 e. The molecule has 2 N–H and O–H groups in total. The number of thiazole rings is 1. The van der Waals surface area contributed by atoms with Gasteiger partial charge in [0.15, 0.2) is 4.34 Å². The van der Waals surface area contributed by atoms with Crippen LogP contribution in [0.1, 0.15) is 5.56 Å². The second-order valence-corrected chi connectivity index (χ2v) is 10.4. The summed E-state index contributed by atoms with van der Waals surface area (Å²) in [7, 11) is 0. The van der Waals surface area contributed by atoms with Gasteiger partial charge in [-0.2, -0.15) is 0 Å². The molecule has 38 heavy (non-hydrogen) atoms. The summed E-state index contributed by atoms with van der Waals surface area (Å²) in [6, 6.07) is 32.0. The van der Waals surface area contributed by atoms with E-state index in [2.05, 4.69) is 15.6 Å². The van der Waals surface area contributed by atoms with E-state index in [1.165, 1.54) is 29.2 Å². The van der Waals surface area contributed by atoms with E-state index >= 15 is 0 Å². The van der Waals surface area contributed by atoms with E-state index in [1.807, 2.05) is 103 Å². The molecule has 1 aromatic heterocycles. The molecule has 0 bridgehead atoms. The highest BCUT2D eigenvalue weighted by Gasteiger charge is 2.10. The summed E-state index contributed by atoms with van der Waals surface area (Å²) in [5, 5.41) is 5.78. The molecule has 5 rings (SSSR count). The van der Waals surface area contributed by atoms with Gasteiger partial charge < -0.3 is 15.4 Å². The Morgan fingerprint density at radius 3 is 2.26 bits per heavy atom. The number of carbonyl (C=O) groups is 2. The van der Waals surface area contributed by atoms with Gasteiger partial charge in [-0.3, -0.25) is 9.59 Å². The Morgan fingerprint density at radius 2 is 1.50 bits per heavy atom. The SMILES string of the molecule is O=C(C=Cc1ccccc1)Nc1ccc2nc(SCC(=O)Nc3ccc(Oc4ccccc4)cc3)sc2c1. The summed E-state index contributed by atoms with van der Waals surface area (Å²) in [5.74, 6) is 1.36. The maximum absolute atomic E-state index is 12.5. The van der Waals surface area contributed by atoms with Gasteiger partial charge in [0.1, 0.15) is 11.5 Å². The number of anilines is 2. The molecule has 1 heterocycles. The van der Waals surface area contributed by atoms with Crippen molar-refractivity contribution in [3.63, 3.8) is 0 Å². The molecule has 0 radical (unpaired) electrons. The number of carbonyl (C=O) groups excluding carboxylic acids is 2. The monoisotopic (exact) mass is 537 g/mol. The van der Waals surface area contributed by atoms with Crippen LogP contribution in [-0.4, -0.2) is 22.6 Å². The van der Waals surface area contributed by atoms with Gasteiger partial charge in [-0.05, 0) is 66.2 Å². The first-order valence-corrected chi connectivity index (χ1v) is 13.6. The summed E-state index contributed by atoms with van der Waals surface area (Å²) in [4.78, 5) is 29.4. The Balaban J connectivity index is 1.12. The number of hydrogen-bond acceptors (Lipinski definition) is 6. The number of aromatic nitrogens is 1. The summed E-state index contributed by atoms with van der Waals surface area (Å²) in [5.41, 5.74) is 3.17. The maximum atomic E-state index is 12.5. The number of nitrogens with one attached hydrogen (secondary N) is 2. The maximum Gasteiger partial charge on any atom is 0.248 e. The summed E-state index contributed by atoms with van der Waals surface area (Å²) in [6.07, 6.45) is 3.28. The predicted molar refractivity (Wildman–Crippen MR) is 156 cm³/mol. The van der Waals surface area contributed by atoms with Crippen LogP contribution in [0.2, 0.25) is 0 Å². The molecule has 2 amide bonds. The first-order valence-electron chi connectivity index (χ1n) is 11.8. The van der Waals surface area contributed by atoms with Gasteiger partial charge in [-0.15, -0.1) is 11.3 Å². The molecule has 0 saturated carbocycles. The highest BCUT2D eigenvalue weighted by Crippen LogP contribution is 2.31. The normalized spacial score (nSPS) is 10.9. The van der Waals surface area contributed by atoms with Crippen molar-refractivity contribution in [2.45, 2.75) is 4.34 Å². The molecule has 6 nitrogen and oxygen atoms in total. The number of para-hydroxylation sites is 1. The Hall–Kier alpha value is -4.40. The first-order chi connectivity index (χ1) is 18.6. The zero-order valence-corrected chi connectivity index (χ0v) is 21.8. The average molecular weight is 538 g/mol. The van der Waals surface area contributed by atoms with Crippen molar-refractivity contribution < 1.29 is 14.3 Å². The van der Waals surface area contributed by atoms with E-state index in [9.17, 15) is 9.59 Å². The van der Waals surface area contributed by atoms with Crippen LogP contribution in [0.5, 0.6) is 11.5 Å². The fourth-order valence-corrected chi connectivity index (χ4v) is 5.43. The summed E-state index contributed by atoms with van der Waals surface area (Å²) in [6.45, 7) is 0. The zero-order chi connectivity index (χ0) is 26.2. The van der Waals surface area contributed by atoms with Gasteiger partial charge in [0, 0.05) is 17.5 Å². The lowest BCUT2D eigenvalue weighted by Crippen LogP contribution is -2.13. The molecule has 8 heteroatoms. The molecule has 0 aliphatic heterocycles. The van der Waals surface area contributed by atoms with Crippen LogP contribution in [0.4, 0.5) is 11.4 Å². The van der Waals surface area contributed by atoms with Crippen LogP contribution in [0.15, 0.2) is 114 Å². The quantitative estimate of drug-likeness (QED) is 0.151. The highest BCUT2D eigenvalue weighted by molar-refractivity contribution is 8.01. The Bertz CT molecular complexity index is 1570. The van der Waals surface area contributed by atoms with Gasteiger partial charge in [-0.25, -0.2) is 4.98 Å². The van der Waals surface area contributed by atoms with Gasteiger partial charge in [0.2, 0.25) is 11.8 Å². The molecule has 4 aromatic carbocycles. The number of hydrogen-bond donors (Lipinski definition) is 2. The van der Waals surface area contributed by atoms with Crippen LogP contribution in [-0.2, 0) is 9.59 Å². The standard InChI is InChI=1S/C30H23N3O3S2/c34-28(18-11-21-7-3-1-4-8-21)32-23-14-17-26-27(19-23)38-30(33-26)37-20-29(35)31-22-12-15-25(16-13-22)36-24-9-5-2-6-10-24/h1-19H,20H2,(H,31,35)(H,32,34). The van der Waals surface area contributed by atoms with Crippen LogP contribution in [0, 0.1) is 0 Å². The second-order valence-electron chi connectivity index (χ2n) is 8.17. The fourth-order valence-electron chi connectivity index (χ4n) is 3.52. The fraction of sp³-hybridized carbons (Fsp3) is 0.0333. The smallest absolute Gasteiger partial charge is 0.248 e. The molecular formula is C30H23N3O3S2. The number of ether oxygens (including phenoxy) is 1. The van der Waals surface area contributed by atoms with Gasteiger partial charge in [-0.1, -0.05) is 60.3 Å². The molecule has 0 atom stereocenters. The van der Waals surface area contributed by atoms with Crippen LogP contribution < -0.4 is 15.4 Å². The van der Waals surface area contributed by atoms with Crippen molar-refractivity contribution in [2.75, 3.05) is 16.4 Å². The third-order valence-electron chi connectivity index (χ3n) is 5.31. The van der Waals surface area contributed by atoms with Crippen molar-refractivity contribution in [3.05, 3.63) is 115 Å². The lowest BCUT2D eigenvalue weighted by Gasteiger charge is -2.07. The van der Waals surface area contributed by atoms with Gasteiger partial charge in [0.25, 0.3) is 0 Å². The molecule has 0 saturated heterocycles. The minimum atomic E-state index is -0.205. The number of rotatable bonds is 9. The Morgan fingerprint density at radius 1 is 0.816 bits per heavy atom. The number of benzene rings is 4. The van der Waals surface area contributed by atoms with Crippen LogP contribution in [0.3, 0.4) is 0 Å². The van der Waals surface area contributed by atoms with E-state index in [4.69, 9.17) is 4.74 Å². The largest absolute Gasteiger partial charge is 0.457 e. The van der Waals surface area contributed by atoms with Crippen molar-refractivity contribution >= 4 is 62.6 Å². The summed E-state index contributed by atoms with van der Waals surface area (Å²) >= 11 is 2.86. The highest BCUT2D eigenvalue weighted by atomic mass is 32.2. The predicted octanol–water partition coefficient (Wildman–Crippen LogP) is 7.47. The third-order valence-corrected chi connectivity index (χ3v) is 7.47. The van der Waals surface area contributed by atoms with E-state index < -0.39 is 0 Å². The van der Waals surface area contributed by atoms with Crippen molar-refractivity contribution in [1.82, 2.24) is 4.98 Å². The number of fused-ring (bicyclic) bond motifs is 1. The lowest BCUT2D eigenvalue weighted by atomic mass is 10.2. The molecule has 0 fully saturated rings. The van der Waals surface area contributed by atoms with E-state index in [1.54, 1.807) is 6.08 Å². The molecule has 188 valence electrons. The average Bonchev–Trinajstić information content (AvgIpc) is 3.35. The van der Waals surface area contributed by atoms with Crippen molar-refractivity contribution in [1.29, 1.82) is 0 Å². The number of thioether (sulfide) groups is 1. The van der Waals surface area contributed by atoms with Crippen molar-refractivity contribution in [2.24, 2.45) is 0 Å². The Labute approximate surface area is 228 Å². The second kappa shape index (κ2) is 12.2. The first kappa shape index (κ1) is 25.3. The van der Waals surface area contributed by atoms with Gasteiger partial charge >= 0.3 is 0 Å².